The topological polar surface area (TPSA) is 37.6 Å². The molecule has 3 aromatic rings. The summed E-state index contributed by atoms with van der Waals surface area (Å²) >= 11 is 0. The van der Waals surface area contributed by atoms with Gasteiger partial charge in [-0.05, 0) is 136 Å². The van der Waals surface area contributed by atoms with Gasteiger partial charge in [0.25, 0.3) is 0 Å². The number of rotatable bonds is 22. The van der Waals surface area contributed by atoms with Gasteiger partial charge in [0.2, 0.25) is 0 Å². The minimum atomic E-state index is 0. The van der Waals surface area contributed by atoms with E-state index in [2.05, 4.69) is 97.9 Å². The maximum atomic E-state index is 5.38. The van der Waals surface area contributed by atoms with Gasteiger partial charge in [0.15, 0.2) is 0 Å². The fourth-order valence-electron chi connectivity index (χ4n) is 6.52. The first kappa shape index (κ1) is 52.4. The standard InChI is InChI=1S/C45H67N3.3ClH.Fe/c1-9-15-22-36-30-38(24-17-11-3)44(39(31-36)25-18-12-4)46-34(7)42-28-21-29-43(48-42)35(8)47-45-40(26-19-13-5)32-37(23-16-10-2)33-41(45)27-20-14-6;;;;/h21,28-33H,9-20,22-27H2,1-8H3;3*1H;/q;;;;+3/p-3. The van der Waals surface area contributed by atoms with E-state index in [1.807, 2.05) is 0 Å². The second-order valence-corrected chi connectivity index (χ2v) is 13.9. The quantitative estimate of drug-likeness (QED) is 0.110. The Morgan fingerprint density at radius 1 is 0.462 bits per heavy atom. The molecule has 0 aliphatic heterocycles. The molecule has 0 bridgehead atoms. The molecule has 0 atom stereocenters. The molecule has 0 amide bonds. The van der Waals surface area contributed by atoms with Crippen LogP contribution < -0.4 is 37.2 Å². The third-order valence-corrected chi connectivity index (χ3v) is 9.54. The molecule has 3 rings (SSSR count). The number of aliphatic imine (C=N–C) groups is 2. The van der Waals surface area contributed by atoms with Crippen LogP contribution in [-0.4, -0.2) is 16.4 Å². The van der Waals surface area contributed by atoms with Crippen molar-refractivity contribution in [3.63, 3.8) is 0 Å². The zero-order valence-electron chi connectivity index (χ0n) is 33.6. The van der Waals surface area contributed by atoms with Gasteiger partial charge in [-0.25, -0.2) is 4.98 Å². The van der Waals surface area contributed by atoms with Gasteiger partial charge in [0.05, 0.1) is 34.2 Å². The number of halogens is 3. The summed E-state index contributed by atoms with van der Waals surface area (Å²) in [4.78, 5) is 16.0. The number of pyridine rings is 1. The van der Waals surface area contributed by atoms with Crippen LogP contribution in [0.1, 0.15) is 177 Å². The van der Waals surface area contributed by atoms with E-state index in [0.29, 0.717) is 0 Å². The fraction of sp³-hybridized carbons (Fsp3) is 0.578. The van der Waals surface area contributed by atoms with Gasteiger partial charge in [0, 0.05) is 0 Å². The SMILES string of the molecule is CCCCc1cc(CCCC)c(N=C(C)c2cccc(C(C)=Nc3c(CCCC)cc(CCCC)cc3CCCC)n2)c(CCCC)c1.[Cl-].[Cl-].[Cl-].[Fe+3]. The van der Waals surface area contributed by atoms with Crippen molar-refractivity contribution in [2.24, 2.45) is 9.98 Å². The molecule has 0 unspecified atom stereocenters. The molecule has 0 saturated heterocycles. The number of unbranched alkanes of at least 4 members (excludes halogenated alkanes) is 6. The first-order valence-corrected chi connectivity index (χ1v) is 19.8. The Hall–Kier alpha value is -1.68. The summed E-state index contributed by atoms with van der Waals surface area (Å²) in [6, 6.07) is 16.2. The van der Waals surface area contributed by atoms with Crippen LogP contribution in [0.5, 0.6) is 0 Å². The average molecular weight is 812 g/mol. The smallest absolute Gasteiger partial charge is 1.00 e. The molecule has 0 spiro atoms. The van der Waals surface area contributed by atoms with Crippen LogP contribution in [0.15, 0.2) is 52.4 Å². The number of hydrogen-bond donors (Lipinski definition) is 0. The van der Waals surface area contributed by atoms with E-state index in [0.717, 1.165) is 61.3 Å². The Kier molecular flexibility index (Phi) is 29.9. The van der Waals surface area contributed by atoms with Gasteiger partial charge in [-0.15, -0.1) is 0 Å². The molecule has 52 heavy (non-hydrogen) atoms. The van der Waals surface area contributed by atoms with Crippen molar-refractivity contribution in [2.45, 2.75) is 171 Å². The Morgan fingerprint density at radius 3 is 1.00 bits per heavy atom. The minimum absolute atomic E-state index is 0. The molecule has 0 aliphatic rings. The number of nitrogens with zero attached hydrogens (tertiary/aromatic N) is 3. The van der Waals surface area contributed by atoms with E-state index < -0.39 is 0 Å². The van der Waals surface area contributed by atoms with Crippen LogP contribution >= 0.6 is 0 Å². The summed E-state index contributed by atoms with van der Waals surface area (Å²) in [5.74, 6) is 0. The normalized spacial score (nSPS) is 11.3. The molecule has 1 radical (unpaired) electrons. The minimum Gasteiger partial charge on any atom is -1.00 e. The Bertz CT molecular complexity index is 1320. The van der Waals surface area contributed by atoms with Crippen molar-refractivity contribution in [3.8, 4) is 0 Å². The molecule has 291 valence electrons. The number of hydrogen-bond acceptors (Lipinski definition) is 3. The summed E-state index contributed by atoms with van der Waals surface area (Å²) in [7, 11) is 0. The molecule has 7 heteroatoms. The van der Waals surface area contributed by atoms with Crippen LogP contribution in [0.3, 0.4) is 0 Å². The number of aryl methyl sites for hydroxylation is 6. The second-order valence-electron chi connectivity index (χ2n) is 13.9. The Balaban J connectivity index is 0. The van der Waals surface area contributed by atoms with Gasteiger partial charge in [0.1, 0.15) is 0 Å². The zero-order chi connectivity index (χ0) is 34.7. The average Bonchev–Trinajstić information content (AvgIpc) is 3.10. The van der Waals surface area contributed by atoms with Gasteiger partial charge in [-0.3, -0.25) is 9.98 Å². The van der Waals surface area contributed by atoms with Gasteiger partial charge in [-0.2, -0.15) is 0 Å². The summed E-state index contributed by atoms with van der Waals surface area (Å²) in [6.45, 7) is 18.0. The molecular formula is C45H67Cl3FeN3. The van der Waals surface area contributed by atoms with Crippen LogP contribution in [0, 0.1) is 0 Å². The van der Waals surface area contributed by atoms with Gasteiger partial charge >= 0.3 is 17.1 Å². The van der Waals surface area contributed by atoms with Gasteiger partial charge in [-0.1, -0.05) is 110 Å². The van der Waals surface area contributed by atoms with Crippen molar-refractivity contribution in [1.29, 1.82) is 0 Å². The third-order valence-electron chi connectivity index (χ3n) is 9.54. The molecule has 0 saturated carbocycles. The fourth-order valence-corrected chi connectivity index (χ4v) is 6.52. The first-order valence-electron chi connectivity index (χ1n) is 19.8. The van der Waals surface area contributed by atoms with Gasteiger partial charge < -0.3 is 37.2 Å². The maximum Gasteiger partial charge on any atom is 3.00 e. The van der Waals surface area contributed by atoms with E-state index in [4.69, 9.17) is 15.0 Å². The van der Waals surface area contributed by atoms with Crippen LogP contribution in [0.4, 0.5) is 11.4 Å². The van der Waals surface area contributed by atoms with Crippen LogP contribution in [-0.2, 0) is 55.6 Å². The summed E-state index contributed by atoms with van der Waals surface area (Å²) in [6.07, 6.45) is 21.1. The van der Waals surface area contributed by atoms with Crippen molar-refractivity contribution >= 4 is 22.8 Å². The van der Waals surface area contributed by atoms with E-state index in [1.54, 1.807) is 0 Å². The molecule has 1 aromatic heterocycles. The van der Waals surface area contributed by atoms with Crippen molar-refractivity contribution in [3.05, 3.63) is 87.2 Å². The van der Waals surface area contributed by atoms with E-state index in [9.17, 15) is 0 Å². The van der Waals surface area contributed by atoms with Crippen molar-refractivity contribution in [2.75, 3.05) is 0 Å². The third kappa shape index (κ3) is 16.8. The molecule has 1 heterocycles. The maximum absolute atomic E-state index is 5.38. The molecule has 0 fully saturated rings. The summed E-state index contributed by atoms with van der Waals surface area (Å²) in [5.41, 5.74) is 14.8. The molecule has 0 aliphatic carbocycles. The number of aromatic nitrogens is 1. The van der Waals surface area contributed by atoms with Crippen LogP contribution in [0.25, 0.3) is 0 Å². The molecule has 2 aromatic carbocycles. The summed E-state index contributed by atoms with van der Waals surface area (Å²) in [5, 5.41) is 0. The first-order chi connectivity index (χ1) is 23.4. The van der Waals surface area contributed by atoms with E-state index in [-0.39, 0.29) is 54.3 Å². The van der Waals surface area contributed by atoms with Crippen molar-refractivity contribution in [1.82, 2.24) is 4.98 Å². The zero-order valence-corrected chi connectivity index (χ0v) is 37.0. The monoisotopic (exact) mass is 810 g/mol. The second kappa shape index (κ2) is 29.6. The summed E-state index contributed by atoms with van der Waals surface area (Å²) < 4.78 is 0. The van der Waals surface area contributed by atoms with E-state index >= 15 is 0 Å². The predicted octanol–water partition coefficient (Wildman–Crippen LogP) is 4.43. The molecule has 3 nitrogen and oxygen atoms in total. The number of benzene rings is 2. The largest absolute Gasteiger partial charge is 3.00 e. The van der Waals surface area contributed by atoms with E-state index in [1.165, 1.54) is 122 Å². The van der Waals surface area contributed by atoms with Crippen molar-refractivity contribution < 1.29 is 54.3 Å². The molecular weight excluding hydrogens is 745 g/mol. The van der Waals surface area contributed by atoms with Crippen LogP contribution in [0.2, 0.25) is 0 Å². The molecule has 0 N–H and O–H groups in total. The Labute approximate surface area is 348 Å². The predicted molar refractivity (Wildman–Crippen MR) is 213 cm³/mol. The Morgan fingerprint density at radius 2 is 0.731 bits per heavy atom.